The highest BCUT2D eigenvalue weighted by Crippen LogP contribution is 2.31. The molecule has 1 aromatic heterocycles. The van der Waals surface area contributed by atoms with Gasteiger partial charge in [-0.25, -0.2) is 0 Å². The van der Waals surface area contributed by atoms with Crippen molar-refractivity contribution in [2.75, 3.05) is 6.54 Å². The van der Waals surface area contributed by atoms with E-state index in [4.69, 9.17) is 5.73 Å². The van der Waals surface area contributed by atoms with Crippen molar-refractivity contribution in [2.24, 2.45) is 16.6 Å². The molecular formula is C12H19N3S. The summed E-state index contributed by atoms with van der Waals surface area (Å²) in [7, 11) is 0. The van der Waals surface area contributed by atoms with Crippen molar-refractivity contribution < 1.29 is 0 Å². The fourth-order valence-corrected chi connectivity index (χ4v) is 2.68. The van der Waals surface area contributed by atoms with Crippen LogP contribution in [-0.4, -0.2) is 22.9 Å². The van der Waals surface area contributed by atoms with E-state index in [1.165, 1.54) is 4.88 Å². The second-order valence-electron chi connectivity index (χ2n) is 4.85. The molecule has 4 heteroatoms. The third-order valence-corrected chi connectivity index (χ3v) is 4.45. The summed E-state index contributed by atoms with van der Waals surface area (Å²) < 4.78 is 0. The van der Waals surface area contributed by atoms with Gasteiger partial charge in [0.05, 0.1) is 18.6 Å². The number of hydrogen-bond donors (Lipinski definition) is 1. The molecule has 2 rings (SSSR count). The number of rotatable bonds is 3. The third kappa shape index (κ3) is 1.82. The van der Waals surface area contributed by atoms with Crippen LogP contribution in [0.25, 0.3) is 0 Å². The van der Waals surface area contributed by atoms with Gasteiger partial charge < -0.3 is 10.6 Å². The van der Waals surface area contributed by atoms with E-state index >= 15 is 0 Å². The lowest BCUT2D eigenvalue weighted by Crippen LogP contribution is -2.52. The number of aliphatic imine (C=N–C) groups is 1. The fourth-order valence-electron chi connectivity index (χ4n) is 1.99. The van der Waals surface area contributed by atoms with E-state index in [1.54, 1.807) is 11.3 Å². The first-order chi connectivity index (χ1) is 7.54. The zero-order valence-corrected chi connectivity index (χ0v) is 10.9. The second-order valence-corrected chi connectivity index (χ2v) is 5.88. The summed E-state index contributed by atoms with van der Waals surface area (Å²) in [5, 5.41) is 2.10. The Hall–Kier alpha value is -1.03. The molecule has 88 valence electrons. The molecule has 0 fully saturated rings. The monoisotopic (exact) mass is 237 g/mol. The van der Waals surface area contributed by atoms with Gasteiger partial charge in [-0.3, -0.25) is 4.99 Å². The fraction of sp³-hybridized carbons (Fsp3) is 0.583. The Bertz CT molecular complexity index is 383. The van der Waals surface area contributed by atoms with Gasteiger partial charge in [-0.05, 0) is 24.3 Å². The van der Waals surface area contributed by atoms with Crippen molar-refractivity contribution in [1.29, 1.82) is 0 Å². The Morgan fingerprint density at radius 1 is 1.62 bits per heavy atom. The van der Waals surface area contributed by atoms with E-state index in [-0.39, 0.29) is 5.54 Å². The minimum absolute atomic E-state index is 0.0636. The zero-order valence-electron chi connectivity index (χ0n) is 10.1. The van der Waals surface area contributed by atoms with Crippen LogP contribution in [0.1, 0.15) is 25.6 Å². The average molecular weight is 237 g/mol. The van der Waals surface area contributed by atoms with Crippen molar-refractivity contribution in [3.63, 3.8) is 0 Å². The Kier molecular flexibility index (Phi) is 2.93. The standard InChI is InChI=1S/C12H19N3S/c1-9(2)12(3)8-14-11(13)15(12)7-10-5-4-6-16-10/h4-6,9H,7-8H2,1-3H3,(H2,13,14). The smallest absolute Gasteiger partial charge is 0.192 e. The highest BCUT2D eigenvalue weighted by atomic mass is 32.1. The lowest BCUT2D eigenvalue weighted by molar-refractivity contribution is 0.154. The van der Waals surface area contributed by atoms with E-state index in [0.29, 0.717) is 11.9 Å². The van der Waals surface area contributed by atoms with Crippen molar-refractivity contribution in [3.05, 3.63) is 22.4 Å². The first-order valence-corrected chi connectivity index (χ1v) is 6.52. The molecule has 0 amide bonds. The van der Waals surface area contributed by atoms with Gasteiger partial charge in [0.15, 0.2) is 5.96 Å². The first kappa shape index (κ1) is 11.5. The lowest BCUT2D eigenvalue weighted by Gasteiger charge is -2.39. The highest BCUT2D eigenvalue weighted by Gasteiger charge is 2.40. The molecule has 0 saturated carbocycles. The van der Waals surface area contributed by atoms with Crippen molar-refractivity contribution in [1.82, 2.24) is 4.90 Å². The molecule has 0 aromatic carbocycles. The molecule has 2 heterocycles. The molecule has 0 radical (unpaired) electrons. The van der Waals surface area contributed by atoms with Gasteiger partial charge in [-0.15, -0.1) is 11.3 Å². The van der Waals surface area contributed by atoms with Gasteiger partial charge in [-0.2, -0.15) is 0 Å². The summed E-state index contributed by atoms with van der Waals surface area (Å²) >= 11 is 1.77. The summed E-state index contributed by atoms with van der Waals surface area (Å²) in [6, 6.07) is 4.23. The molecule has 1 atom stereocenters. The van der Waals surface area contributed by atoms with Crippen molar-refractivity contribution in [2.45, 2.75) is 32.9 Å². The summed E-state index contributed by atoms with van der Waals surface area (Å²) in [4.78, 5) is 7.98. The summed E-state index contributed by atoms with van der Waals surface area (Å²) in [5.41, 5.74) is 6.05. The lowest BCUT2D eigenvalue weighted by atomic mass is 9.87. The topological polar surface area (TPSA) is 41.6 Å². The molecule has 3 nitrogen and oxygen atoms in total. The Morgan fingerprint density at radius 3 is 2.94 bits per heavy atom. The summed E-state index contributed by atoms with van der Waals surface area (Å²) in [5.74, 6) is 1.22. The maximum absolute atomic E-state index is 5.99. The van der Waals surface area contributed by atoms with E-state index in [0.717, 1.165) is 13.1 Å². The van der Waals surface area contributed by atoms with Gasteiger partial charge in [0.2, 0.25) is 0 Å². The van der Waals surface area contributed by atoms with Gasteiger partial charge in [-0.1, -0.05) is 19.9 Å². The molecule has 0 spiro atoms. The quantitative estimate of drug-likeness (QED) is 0.876. The number of thiophene rings is 1. The number of guanidine groups is 1. The average Bonchev–Trinajstić information content (AvgIpc) is 2.82. The van der Waals surface area contributed by atoms with Gasteiger partial charge in [0, 0.05) is 4.88 Å². The molecule has 1 aromatic rings. The van der Waals surface area contributed by atoms with Crippen LogP contribution in [0, 0.1) is 5.92 Å². The minimum Gasteiger partial charge on any atom is -0.370 e. The SMILES string of the molecule is CC(C)C1(C)CN=C(N)N1Cc1cccs1. The summed E-state index contributed by atoms with van der Waals surface area (Å²) in [6.07, 6.45) is 0. The predicted octanol–water partition coefficient (Wildman–Crippen LogP) is 2.29. The van der Waals surface area contributed by atoms with Gasteiger partial charge >= 0.3 is 0 Å². The molecule has 1 aliphatic rings. The first-order valence-electron chi connectivity index (χ1n) is 5.64. The molecule has 0 aliphatic carbocycles. The second kappa shape index (κ2) is 4.09. The molecule has 16 heavy (non-hydrogen) atoms. The van der Waals surface area contributed by atoms with Crippen LogP contribution in [0.5, 0.6) is 0 Å². The normalized spacial score (nSPS) is 25.2. The van der Waals surface area contributed by atoms with Crippen LogP contribution in [-0.2, 0) is 6.54 Å². The van der Waals surface area contributed by atoms with Crippen LogP contribution in [0.4, 0.5) is 0 Å². The number of nitrogens with zero attached hydrogens (tertiary/aromatic N) is 2. The maximum atomic E-state index is 5.99. The maximum Gasteiger partial charge on any atom is 0.192 e. The van der Waals surface area contributed by atoms with Crippen molar-refractivity contribution in [3.8, 4) is 0 Å². The van der Waals surface area contributed by atoms with Crippen LogP contribution < -0.4 is 5.73 Å². The van der Waals surface area contributed by atoms with Crippen LogP contribution in [0.3, 0.4) is 0 Å². The molecular weight excluding hydrogens is 218 g/mol. The molecule has 1 aliphatic heterocycles. The number of nitrogens with two attached hydrogens (primary N) is 1. The van der Waals surface area contributed by atoms with Gasteiger partial charge in [0.1, 0.15) is 0 Å². The molecule has 2 N–H and O–H groups in total. The minimum atomic E-state index is 0.0636. The summed E-state index contributed by atoms with van der Waals surface area (Å²) in [6.45, 7) is 8.39. The number of hydrogen-bond acceptors (Lipinski definition) is 4. The molecule has 0 bridgehead atoms. The highest BCUT2D eigenvalue weighted by molar-refractivity contribution is 7.09. The third-order valence-electron chi connectivity index (χ3n) is 3.59. The van der Waals surface area contributed by atoms with Crippen molar-refractivity contribution >= 4 is 17.3 Å². The van der Waals surface area contributed by atoms with E-state index in [9.17, 15) is 0 Å². The van der Waals surface area contributed by atoms with E-state index in [2.05, 4.69) is 48.2 Å². The zero-order chi connectivity index (χ0) is 11.8. The van der Waals surface area contributed by atoms with Crippen LogP contribution in [0.15, 0.2) is 22.5 Å². The van der Waals surface area contributed by atoms with E-state index < -0.39 is 0 Å². The van der Waals surface area contributed by atoms with Gasteiger partial charge in [0.25, 0.3) is 0 Å². The molecule has 0 saturated heterocycles. The van der Waals surface area contributed by atoms with Crippen LogP contribution >= 0.6 is 11.3 Å². The predicted molar refractivity (Wildman–Crippen MR) is 69.6 cm³/mol. The van der Waals surface area contributed by atoms with E-state index in [1.807, 2.05) is 0 Å². The Morgan fingerprint density at radius 2 is 2.38 bits per heavy atom. The Balaban J connectivity index is 2.19. The van der Waals surface area contributed by atoms with Crippen LogP contribution in [0.2, 0.25) is 0 Å². The largest absolute Gasteiger partial charge is 0.370 e. The molecule has 1 unspecified atom stereocenters. The Labute approximate surface area is 101 Å².